The fraction of sp³-hybridized carbons (Fsp3) is 0.143. The molecular weight excluding hydrogens is 340 g/mol. The van der Waals surface area contributed by atoms with Crippen molar-refractivity contribution in [1.29, 1.82) is 0 Å². The second kappa shape index (κ2) is 5.98. The molecule has 1 N–H and O–H groups in total. The predicted molar refractivity (Wildman–Crippen MR) is 87.9 cm³/mol. The van der Waals surface area contributed by atoms with Crippen LogP contribution >= 0.6 is 22.9 Å². The normalized spacial score (nSPS) is 10.9. The first-order chi connectivity index (χ1) is 11.0. The molecule has 0 saturated carbocycles. The van der Waals surface area contributed by atoms with Crippen molar-refractivity contribution in [3.05, 3.63) is 56.2 Å². The van der Waals surface area contributed by atoms with Crippen molar-refractivity contribution in [2.45, 2.75) is 6.54 Å². The van der Waals surface area contributed by atoms with E-state index in [0.29, 0.717) is 26.5 Å². The highest BCUT2D eigenvalue weighted by Crippen LogP contribution is 2.37. The van der Waals surface area contributed by atoms with Crippen LogP contribution in [0.2, 0.25) is 5.02 Å². The summed E-state index contributed by atoms with van der Waals surface area (Å²) >= 11 is 7.37. The molecule has 0 aliphatic carbocycles. The highest BCUT2D eigenvalue weighted by atomic mass is 35.5. The third-order valence-electron chi connectivity index (χ3n) is 3.24. The Morgan fingerprint density at radius 2 is 2.30 bits per heavy atom. The number of rotatable bonds is 4. The fourth-order valence-electron chi connectivity index (χ4n) is 2.14. The van der Waals surface area contributed by atoms with Crippen LogP contribution in [0, 0.1) is 10.1 Å². The van der Waals surface area contributed by atoms with Gasteiger partial charge < -0.3 is 5.32 Å². The maximum atomic E-state index is 12.3. The first kappa shape index (κ1) is 15.4. The van der Waals surface area contributed by atoms with Gasteiger partial charge in [-0.2, -0.15) is 5.10 Å². The Labute approximate surface area is 139 Å². The molecular formula is C14H11ClN4O3S. The lowest BCUT2D eigenvalue weighted by Crippen LogP contribution is -2.21. The molecule has 0 atom stereocenters. The van der Waals surface area contributed by atoms with Gasteiger partial charge in [0, 0.05) is 47.6 Å². The molecule has 3 rings (SSSR count). The Morgan fingerprint density at radius 3 is 2.96 bits per heavy atom. The van der Waals surface area contributed by atoms with Gasteiger partial charge in [0.1, 0.15) is 4.88 Å². The van der Waals surface area contributed by atoms with Gasteiger partial charge in [0.25, 0.3) is 11.6 Å². The molecule has 3 aromatic rings. The van der Waals surface area contributed by atoms with Crippen molar-refractivity contribution in [3.8, 4) is 0 Å². The van der Waals surface area contributed by atoms with E-state index in [1.165, 1.54) is 12.1 Å². The van der Waals surface area contributed by atoms with Crippen LogP contribution in [0.3, 0.4) is 0 Å². The molecule has 2 aromatic heterocycles. The van der Waals surface area contributed by atoms with E-state index in [2.05, 4.69) is 10.4 Å². The van der Waals surface area contributed by atoms with Gasteiger partial charge in [-0.05, 0) is 6.07 Å². The van der Waals surface area contributed by atoms with Gasteiger partial charge in [-0.15, -0.1) is 11.3 Å². The van der Waals surface area contributed by atoms with Crippen LogP contribution in [-0.2, 0) is 13.6 Å². The Kier molecular flexibility index (Phi) is 4.01. The number of nitro groups is 1. The minimum absolute atomic E-state index is 0.0299. The number of carbonyl (C=O) groups excluding carboxylic acids is 1. The molecule has 0 aliphatic heterocycles. The summed E-state index contributed by atoms with van der Waals surface area (Å²) in [6, 6.07) is 4.35. The SMILES string of the molecule is Cn1cc(CNC(=O)c2sc3cc([N+](=O)[O-])ccc3c2Cl)cn1. The maximum absolute atomic E-state index is 12.3. The van der Waals surface area contributed by atoms with Crippen molar-refractivity contribution >= 4 is 44.6 Å². The molecule has 23 heavy (non-hydrogen) atoms. The van der Waals surface area contributed by atoms with Crippen LogP contribution in [0.15, 0.2) is 30.6 Å². The summed E-state index contributed by atoms with van der Waals surface area (Å²) in [4.78, 5) is 23.0. The van der Waals surface area contributed by atoms with E-state index in [1.807, 2.05) is 0 Å². The number of nitro benzene ring substituents is 1. The molecule has 0 fully saturated rings. The molecule has 0 aliphatic rings. The van der Waals surface area contributed by atoms with E-state index in [0.717, 1.165) is 16.9 Å². The lowest BCUT2D eigenvalue weighted by atomic mass is 10.2. The van der Waals surface area contributed by atoms with Crippen molar-refractivity contribution in [2.24, 2.45) is 7.05 Å². The Hall–Kier alpha value is -2.45. The highest BCUT2D eigenvalue weighted by Gasteiger charge is 2.19. The minimum Gasteiger partial charge on any atom is -0.347 e. The molecule has 0 unspecified atom stereocenters. The molecule has 1 aromatic carbocycles. The highest BCUT2D eigenvalue weighted by molar-refractivity contribution is 7.21. The average Bonchev–Trinajstić information content (AvgIpc) is 3.08. The summed E-state index contributed by atoms with van der Waals surface area (Å²) in [5, 5.41) is 18.6. The maximum Gasteiger partial charge on any atom is 0.270 e. The minimum atomic E-state index is -0.477. The van der Waals surface area contributed by atoms with E-state index in [1.54, 1.807) is 30.2 Å². The number of thiophene rings is 1. The van der Waals surface area contributed by atoms with E-state index >= 15 is 0 Å². The number of aryl methyl sites for hydroxylation is 1. The number of aromatic nitrogens is 2. The van der Waals surface area contributed by atoms with E-state index in [-0.39, 0.29) is 11.6 Å². The van der Waals surface area contributed by atoms with Crippen LogP contribution in [0.1, 0.15) is 15.2 Å². The Balaban J connectivity index is 1.85. The van der Waals surface area contributed by atoms with E-state index < -0.39 is 4.92 Å². The van der Waals surface area contributed by atoms with Gasteiger partial charge in [0.05, 0.1) is 16.1 Å². The van der Waals surface area contributed by atoms with E-state index in [4.69, 9.17) is 11.6 Å². The number of non-ortho nitro benzene ring substituents is 1. The number of benzene rings is 1. The van der Waals surface area contributed by atoms with Gasteiger partial charge in [-0.25, -0.2) is 0 Å². The molecule has 0 radical (unpaired) electrons. The second-order valence-electron chi connectivity index (χ2n) is 4.89. The summed E-state index contributed by atoms with van der Waals surface area (Å²) in [5.41, 5.74) is 0.839. The lowest BCUT2D eigenvalue weighted by molar-refractivity contribution is -0.384. The largest absolute Gasteiger partial charge is 0.347 e. The Morgan fingerprint density at radius 1 is 1.52 bits per heavy atom. The van der Waals surface area contributed by atoms with Crippen LogP contribution in [0.25, 0.3) is 10.1 Å². The zero-order valence-corrected chi connectivity index (χ0v) is 13.5. The number of fused-ring (bicyclic) bond motifs is 1. The zero-order valence-electron chi connectivity index (χ0n) is 11.9. The fourth-order valence-corrected chi connectivity index (χ4v) is 3.61. The molecule has 7 nitrogen and oxygen atoms in total. The topological polar surface area (TPSA) is 90.1 Å². The number of nitrogens with zero attached hydrogens (tertiary/aromatic N) is 3. The quantitative estimate of drug-likeness (QED) is 0.578. The van der Waals surface area contributed by atoms with Gasteiger partial charge >= 0.3 is 0 Å². The summed E-state index contributed by atoms with van der Waals surface area (Å²) in [5.74, 6) is -0.317. The smallest absolute Gasteiger partial charge is 0.270 e. The van der Waals surface area contributed by atoms with Crippen molar-refractivity contribution in [3.63, 3.8) is 0 Å². The standard InChI is InChI=1S/C14H11ClN4O3S/c1-18-7-8(6-17-18)5-16-14(20)13-12(15)10-3-2-9(19(21)22)4-11(10)23-13/h2-4,6-7H,5H2,1H3,(H,16,20). The molecule has 0 bridgehead atoms. The van der Waals surface area contributed by atoms with Crippen LogP contribution in [0.5, 0.6) is 0 Å². The molecule has 0 saturated heterocycles. The number of amides is 1. The monoisotopic (exact) mass is 350 g/mol. The first-order valence-electron chi connectivity index (χ1n) is 6.58. The van der Waals surface area contributed by atoms with Crippen LogP contribution in [-0.4, -0.2) is 20.6 Å². The average molecular weight is 351 g/mol. The molecule has 1 amide bonds. The van der Waals surface area contributed by atoms with Gasteiger partial charge in [0.15, 0.2) is 0 Å². The summed E-state index contributed by atoms with van der Waals surface area (Å²) in [7, 11) is 1.79. The molecule has 0 spiro atoms. The zero-order chi connectivity index (χ0) is 16.6. The number of halogens is 1. The predicted octanol–water partition coefficient (Wildman–Crippen LogP) is 3.13. The van der Waals surface area contributed by atoms with Gasteiger partial charge in [0.2, 0.25) is 0 Å². The third-order valence-corrected chi connectivity index (χ3v) is 4.90. The molecule has 2 heterocycles. The first-order valence-corrected chi connectivity index (χ1v) is 7.77. The number of hydrogen-bond donors (Lipinski definition) is 1. The number of hydrogen-bond acceptors (Lipinski definition) is 5. The second-order valence-corrected chi connectivity index (χ2v) is 6.32. The molecule has 118 valence electrons. The Bertz CT molecular complexity index is 918. The summed E-state index contributed by atoms with van der Waals surface area (Å²) < 4.78 is 2.25. The lowest BCUT2D eigenvalue weighted by Gasteiger charge is -2.01. The van der Waals surface area contributed by atoms with Crippen LogP contribution in [0.4, 0.5) is 5.69 Å². The summed E-state index contributed by atoms with van der Waals surface area (Å²) in [6.07, 6.45) is 3.46. The number of carbonyl (C=O) groups is 1. The van der Waals surface area contributed by atoms with Crippen molar-refractivity contribution in [1.82, 2.24) is 15.1 Å². The third kappa shape index (κ3) is 3.03. The van der Waals surface area contributed by atoms with Gasteiger partial charge in [-0.3, -0.25) is 19.6 Å². The number of nitrogens with one attached hydrogen (secondary N) is 1. The van der Waals surface area contributed by atoms with Crippen LogP contribution < -0.4 is 5.32 Å². The summed E-state index contributed by atoms with van der Waals surface area (Å²) in [6.45, 7) is 0.331. The van der Waals surface area contributed by atoms with Crippen molar-refractivity contribution in [2.75, 3.05) is 0 Å². The van der Waals surface area contributed by atoms with Gasteiger partial charge in [-0.1, -0.05) is 11.6 Å². The molecule has 9 heteroatoms. The van der Waals surface area contributed by atoms with E-state index in [9.17, 15) is 14.9 Å². The van der Waals surface area contributed by atoms with Crippen molar-refractivity contribution < 1.29 is 9.72 Å².